The monoisotopic (exact) mass is 292 g/mol. The lowest BCUT2D eigenvalue weighted by atomic mass is 10.2. The summed E-state index contributed by atoms with van der Waals surface area (Å²) in [6.45, 7) is 0. The van der Waals surface area contributed by atoms with Crippen molar-refractivity contribution in [3.05, 3.63) is 29.6 Å². The standard InChI is InChI=1S/C9H9FN2O6S/c1-18-9(15)12-19(16,17)11-7-4-5(10)2-3-6(7)8(13)14/h2-4,11H,1H3,(H,12,15)(H,13,14). The molecule has 8 nitrogen and oxygen atoms in total. The van der Waals surface area contributed by atoms with Gasteiger partial charge in [0.15, 0.2) is 0 Å². The zero-order valence-corrected chi connectivity index (χ0v) is 10.3. The molecule has 1 amide bonds. The largest absolute Gasteiger partial charge is 0.478 e. The minimum Gasteiger partial charge on any atom is -0.478 e. The van der Waals surface area contributed by atoms with E-state index in [0.717, 1.165) is 19.2 Å². The molecule has 0 heterocycles. The lowest BCUT2D eigenvalue weighted by molar-refractivity contribution is 0.0698. The average Bonchev–Trinajstić information content (AvgIpc) is 2.27. The summed E-state index contributed by atoms with van der Waals surface area (Å²) in [6.07, 6.45) is -1.28. The molecule has 0 aromatic heterocycles. The van der Waals surface area contributed by atoms with Crippen LogP contribution in [0.2, 0.25) is 0 Å². The number of carboxylic acid groups (broad SMARTS) is 1. The molecule has 0 aliphatic rings. The summed E-state index contributed by atoms with van der Waals surface area (Å²) in [7, 11) is -3.48. The first kappa shape index (κ1) is 14.7. The smallest absolute Gasteiger partial charge is 0.422 e. The van der Waals surface area contributed by atoms with Crippen LogP contribution in [-0.4, -0.2) is 32.7 Å². The van der Waals surface area contributed by atoms with Crippen molar-refractivity contribution in [1.82, 2.24) is 4.72 Å². The van der Waals surface area contributed by atoms with Crippen LogP contribution < -0.4 is 9.44 Å². The fourth-order valence-electron chi connectivity index (χ4n) is 1.11. The quantitative estimate of drug-likeness (QED) is 0.744. The first-order chi connectivity index (χ1) is 8.75. The summed E-state index contributed by atoms with van der Waals surface area (Å²) >= 11 is 0. The van der Waals surface area contributed by atoms with Crippen molar-refractivity contribution < 1.29 is 32.2 Å². The Balaban J connectivity index is 3.08. The summed E-state index contributed by atoms with van der Waals surface area (Å²) < 4.78 is 43.0. The van der Waals surface area contributed by atoms with Gasteiger partial charge in [-0.25, -0.2) is 18.7 Å². The molecule has 0 atom stereocenters. The molecule has 0 spiro atoms. The minimum absolute atomic E-state index is 0.475. The molecule has 0 bridgehead atoms. The van der Waals surface area contributed by atoms with Crippen LogP contribution in [0.15, 0.2) is 18.2 Å². The van der Waals surface area contributed by atoms with Gasteiger partial charge < -0.3 is 9.84 Å². The Kier molecular flexibility index (Phi) is 4.27. The molecule has 1 aromatic rings. The Labute approximate surface area is 107 Å². The van der Waals surface area contributed by atoms with Gasteiger partial charge >= 0.3 is 22.3 Å². The molecular weight excluding hydrogens is 283 g/mol. The van der Waals surface area contributed by atoms with E-state index >= 15 is 0 Å². The number of ether oxygens (including phenoxy) is 1. The number of methoxy groups -OCH3 is 1. The van der Waals surface area contributed by atoms with Crippen molar-refractivity contribution in [1.29, 1.82) is 0 Å². The second-order valence-electron chi connectivity index (χ2n) is 3.19. The Morgan fingerprint density at radius 1 is 1.37 bits per heavy atom. The molecule has 1 aromatic carbocycles. The maximum Gasteiger partial charge on any atom is 0.422 e. The van der Waals surface area contributed by atoms with E-state index in [2.05, 4.69) is 4.74 Å². The molecule has 19 heavy (non-hydrogen) atoms. The molecule has 3 N–H and O–H groups in total. The van der Waals surface area contributed by atoms with Crippen molar-refractivity contribution in [2.24, 2.45) is 0 Å². The topological polar surface area (TPSA) is 122 Å². The Morgan fingerprint density at radius 2 is 2.00 bits per heavy atom. The van der Waals surface area contributed by atoms with Gasteiger partial charge in [-0.1, -0.05) is 0 Å². The van der Waals surface area contributed by atoms with E-state index in [1.165, 1.54) is 4.72 Å². The van der Waals surface area contributed by atoms with Crippen molar-refractivity contribution in [3.8, 4) is 0 Å². The van der Waals surface area contributed by atoms with Gasteiger partial charge in [-0.15, -0.1) is 0 Å². The van der Waals surface area contributed by atoms with E-state index in [4.69, 9.17) is 5.11 Å². The number of benzene rings is 1. The lowest BCUT2D eigenvalue weighted by Crippen LogP contribution is -2.35. The molecule has 104 valence electrons. The second-order valence-corrected chi connectivity index (χ2v) is 4.61. The fraction of sp³-hybridized carbons (Fsp3) is 0.111. The molecule has 0 radical (unpaired) electrons. The third-order valence-electron chi connectivity index (χ3n) is 1.86. The SMILES string of the molecule is COC(=O)NS(=O)(=O)Nc1cc(F)ccc1C(=O)O. The van der Waals surface area contributed by atoms with Gasteiger partial charge in [0.2, 0.25) is 0 Å². The third kappa shape index (κ3) is 4.10. The van der Waals surface area contributed by atoms with E-state index in [-0.39, 0.29) is 0 Å². The molecular formula is C9H9FN2O6S. The van der Waals surface area contributed by atoms with E-state index in [9.17, 15) is 22.4 Å². The highest BCUT2D eigenvalue weighted by Crippen LogP contribution is 2.18. The van der Waals surface area contributed by atoms with Gasteiger partial charge in [0.1, 0.15) is 5.82 Å². The first-order valence-corrected chi connectivity index (χ1v) is 6.15. The van der Waals surface area contributed by atoms with Crippen molar-refractivity contribution >= 4 is 28.0 Å². The zero-order valence-electron chi connectivity index (χ0n) is 9.51. The third-order valence-corrected chi connectivity index (χ3v) is 2.78. The number of aromatic carboxylic acids is 1. The number of nitrogens with one attached hydrogen (secondary N) is 2. The Bertz CT molecular complexity index is 615. The van der Waals surface area contributed by atoms with E-state index in [0.29, 0.717) is 6.07 Å². The number of carbonyl (C=O) groups excluding carboxylic acids is 1. The number of rotatable bonds is 4. The van der Waals surface area contributed by atoms with Crippen LogP contribution >= 0.6 is 0 Å². The minimum atomic E-state index is -4.42. The molecule has 0 saturated carbocycles. The van der Waals surface area contributed by atoms with Crippen LogP contribution in [0.25, 0.3) is 0 Å². The highest BCUT2D eigenvalue weighted by molar-refractivity contribution is 7.91. The van der Waals surface area contributed by atoms with Crippen LogP contribution in [0.5, 0.6) is 0 Å². The highest BCUT2D eigenvalue weighted by Gasteiger charge is 2.19. The van der Waals surface area contributed by atoms with Gasteiger partial charge in [-0.2, -0.15) is 8.42 Å². The maximum atomic E-state index is 13.0. The summed E-state index contributed by atoms with van der Waals surface area (Å²) in [4.78, 5) is 21.6. The van der Waals surface area contributed by atoms with Gasteiger partial charge in [0.25, 0.3) is 0 Å². The first-order valence-electron chi connectivity index (χ1n) is 4.66. The van der Waals surface area contributed by atoms with E-state index in [1.807, 2.05) is 0 Å². The number of amides is 1. The molecule has 0 aliphatic heterocycles. The Hall–Kier alpha value is -2.36. The number of anilines is 1. The normalized spacial score (nSPS) is 10.6. The summed E-state index contributed by atoms with van der Waals surface area (Å²) in [5.74, 6) is -2.31. The number of hydrogen-bond donors (Lipinski definition) is 3. The van der Waals surface area contributed by atoms with Gasteiger partial charge in [-0.05, 0) is 18.2 Å². The van der Waals surface area contributed by atoms with Gasteiger partial charge in [0.05, 0.1) is 18.4 Å². The molecule has 0 aliphatic carbocycles. The van der Waals surface area contributed by atoms with Crippen LogP contribution in [0.1, 0.15) is 10.4 Å². The van der Waals surface area contributed by atoms with E-state index < -0.39 is 39.3 Å². The summed E-state index contributed by atoms with van der Waals surface area (Å²) in [5.41, 5.74) is -0.999. The number of carbonyl (C=O) groups is 2. The zero-order chi connectivity index (χ0) is 14.6. The molecule has 1 rings (SSSR count). The lowest BCUT2D eigenvalue weighted by Gasteiger charge is -2.10. The van der Waals surface area contributed by atoms with Gasteiger partial charge in [-0.3, -0.25) is 4.72 Å². The van der Waals surface area contributed by atoms with Crippen LogP contribution in [-0.2, 0) is 14.9 Å². The van der Waals surface area contributed by atoms with E-state index in [1.54, 1.807) is 4.72 Å². The van der Waals surface area contributed by atoms with Crippen molar-refractivity contribution in [2.75, 3.05) is 11.8 Å². The molecule has 10 heteroatoms. The number of carboxylic acids is 1. The maximum absolute atomic E-state index is 13.0. The second kappa shape index (κ2) is 5.52. The summed E-state index contributed by atoms with van der Waals surface area (Å²) in [5, 5.41) is 8.81. The van der Waals surface area contributed by atoms with Crippen molar-refractivity contribution in [2.45, 2.75) is 0 Å². The number of hydrogen-bond acceptors (Lipinski definition) is 5. The highest BCUT2D eigenvalue weighted by atomic mass is 32.2. The van der Waals surface area contributed by atoms with Gasteiger partial charge in [0, 0.05) is 0 Å². The molecule has 0 unspecified atom stereocenters. The molecule has 0 saturated heterocycles. The Morgan fingerprint density at radius 3 is 2.53 bits per heavy atom. The van der Waals surface area contributed by atoms with Crippen LogP contribution in [0, 0.1) is 5.82 Å². The van der Waals surface area contributed by atoms with Crippen molar-refractivity contribution in [3.63, 3.8) is 0 Å². The van der Waals surface area contributed by atoms with Crippen LogP contribution in [0.3, 0.4) is 0 Å². The summed E-state index contributed by atoms with van der Waals surface area (Å²) in [6, 6.07) is 2.41. The number of halogens is 1. The predicted molar refractivity (Wildman–Crippen MR) is 61.4 cm³/mol. The average molecular weight is 292 g/mol. The van der Waals surface area contributed by atoms with Crippen LogP contribution in [0.4, 0.5) is 14.9 Å². The predicted octanol–water partition coefficient (Wildman–Crippen LogP) is 0.537. The fourth-order valence-corrected chi connectivity index (χ4v) is 1.92. The molecule has 0 fully saturated rings.